The second-order valence-corrected chi connectivity index (χ2v) is 5.40. The highest BCUT2D eigenvalue weighted by atomic mass is 16.6. The van der Waals surface area contributed by atoms with E-state index < -0.39 is 5.60 Å². The molecule has 0 fully saturated rings. The molecule has 0 aliphatic carbocycles. The fourth-order valence-electron chi connectivity index (χ4n) is 1.70. The van der Waals surface area contributed by atoms with Gasteiger partial charge in [-0.25, -0.2) is 0 Å². The Kier molecular flexibility index (Phi) is 4.78. The molecule has 1 aromatic rings. The summed E-state index contributed by atoms with van der Waals surface area (Å²) in [5, 5.41) is 22.3. The number of rotatable bonds is 4. The molecule has 0 radical (unpaired) electrons. The third-order valence-electron chi connectivity index (χ3n) is 2.47. The number of phenols is 2. The van der Waals surface area contributed by atoms with Gasteiger partial charge in [0.1, 0.15) is 17.1 Å². The molecule has 1 rings (SSSR count). The molecular weight excluding hydrogens is 246 g/mol. The Morgan fingerprint density at radius 1 is 1.32 bits per heavy atom. The Labute approximate surface area is 113 Å². The molecule has 0 spiro atoms. The van der Waals surface area contributed by atoms with Crippen LogP contribution in [-0.2, 0) is 9.53 Å². The first-order valence-corrected chi connectivity index (χ1v) is 6.17. The molecule has 0 aromatic heterocycles. The van der Waals surface area contributed by atoms with Crippen molar-refractivity contribution in [1.29, 1.82) is 0 Å². The van der Waals surface area contributed by atoms with Crippen molar-refractivity contribution >= 4 is 5.97 Å². The van der Waals surface area contributed by atoms with Crippen LogP contribution in [0.15, 0.2) is 18.2 Å². The van der Waals surface area contributed by atoms with Crippen molar-refractivity contribution in [3.63, 3.8) is 0 Å². The van der Waals surface area contributed by atoms with Crippen LogP contribution in [-0.4, -0.2) is 28.3 Å². The number of nitrogens with one attached hydrogen (secondary N) is 1. The molecule has 3 N–H and O–H groups in total. The van der Waals surface area contributed by atoms with Crippen molar-refractivity contribution < 1.29 is 19.7 Å². The summed E-state index contributed by atoms with van der Waals surface area (Å²) in [6.07, 6.45) is 0. The average Bonchev–Trinajstić information content (AvgIpc) is 2.23. The first-order chi connectivity index (χ1) is 8.70. The van der Waals surface area contributed by atoms with E-state index in [1.165, 1.54) is 12.1 Å². The van der Waals surface area contributed by atoms with Crippen molar-refractivity contribution in [2.24, 2.45) is 0 Å². The molecule has 1 unspecified atom stereocenters. The van der Waals surface area contributed by atoms with E-state index in [0.29, 0.717) is 5.56 Å². The number of benzene rings is 1. The van der Waals surface area contributed by atoms with Gasteiger partial charge in [-0.2, -0.15) is 0 Å². The molecule has 19 heavy (non-hydrogen) atoms. The van der Waals surface area contributed by atoms with Crippen LogP contribution in [0.5, 0.6) is 11.5 Å². The fraction of sp³-hybridized carbons (Fsp3) is 0.500. The normalized spacial score (nSPS) is 13.1. The minimum atomic E-state index is -0.529. The number of hydrogen-bond acceptors (Lipinski definition) is 5. The zero-order chi connectivity index (χ0) is 14.6. The van der Waals surface area contributed by atoms with Gasteiger partial charge in [0, 0.05) is 6.04 Å². The lowest BCUT2D eigenvalue weighted by Gasteiger charge is -2.21. The summed E-state index contributed by atoms with van der Waals surface area (Å²) in [5.74, 6) is -0.400. The van der Waals surface area contributed by atoms with Gasteiger partial charge in [0.05, 0.1) is 12.1 Å². The number of hydrogen-bond donors (Lipinski definition) is 3. The molecular formula is C14H21NO4. The first kappa shape index (κ1) is 15.3. The Morgan fingerprint density at radius 2 is 1.84 bits per heavy atom. The van der Waals surface area contributed by atoms with Crippen LogP contribution in [0.1, 0.15) is 39.3 Å². The largest absolute Gasteiger partial charge is 0.507 e. The van der Waals surface area contributed by atoms with Gasteiger partial charge in [0.2, 0.25) is 0 Å². The zero-order valence-corrected chi connectivity index (χ0v) is 11.7. The number of carbonyl (C=O) groups excluding carboxylic acids is 1. The lowest BCUT2D eigenvalue weighted by atomic mass is 10.1. The molecule has 0 saturated carbocycles. The van der Waals surface area contributed by atoms with Gasteiger partial charge >= 0.3 is 5.97 Å². The molecule has 1 aromatic carbocycles. The number of aromatic hydroxyl groups is 2. The maximum Gasteiger partial charge on any atom is 0.320 e. The van der Waals surface area contributed by atoms with E-state index in [0.717, 1.165) is 0 Å². The summed E-state index contributed by atoms with van der Waals surface area (Å²) in [6.45, 7) is 7.14. The lowest BCUT2D eigenvalue weighted by molar-refractivity contribution is -0.153. The maximum absolute atomic E-state index is 11.6. The Bertz CT molecular complexity index is 431. The summed E-state index contributed by atoms with van der Waals surface area (Å²) in [7, 11) is 0. The SMILES string of the molecule is CC(NCC(=O)OC(C)(C)C)c1c(O)cccc1O. The fourth-order valence-corrected chi connectivity index (χ4v) is 1.70. The van der Waals surface area contributed by atoms with Crippen molar-refractivity contribution in [3.8, 4) is 11.5 Å². The molecule has 1 atom stereocenters. The quantitative estimate of drug-likeness (QED) is 0.728. The highest BCUT2D eigenvalue weighted by Crippen LogP contribution is 2.31. The summed E-state index contributed by atoms with van der Waals surface area (Å²) < 4.78 is 5.16. The minimum Gasteiger partial charge on any atom is -0.507 e. The van der Waals surface area contributed by atoms with Gasteiger partial charge in [-0.3, -0.25) is 4.79 Å². The molecule has 0 aliphatic rings. The number of carbonyl (C=O) groups is 1. The zero-order valence-electron chi connectivity index (χ0n) is 11.7. The molecule has 5 heteroatoms. The van der Waals surface area contributed by atoms with Crippen LogP contribution >= 0.6 is 0 Å². The van der Waals surface area contributed by atoms with Crippen LogP contribution in [0.4, 0.5) is 0 Å². The highest BCUT2D eigenvalue weighted by molar-refractivity contribution is 5.72. The van der Waals surface area contributed by atoms with Crippen LogP contribution in [0.3, 0.4) is 0 Å². The van der Waals surface area contributed by atoms with Crippen molar-refractivity contribution in [1.82, 2.24) is 5.32 Å². The lowest BCUT2D eigenvalue weighted by Crippen LogP contribution is -2.32. The summed E-state index contributed by atoms with van der Waals surface area (Å²) >= 11 is 0. The molecule has 0 heterocycles. The molecule has 0 amide bonds. The van der Waals surface area contributed by atoms with Gasteiger partial charge in [-0.15, -0.1) is 0 Å². The average molecular weight is 267 g/mol. The number of phenolic OH excluding ortho intramolecular Hbond substituents is 2. The van der Waals surface area contributed by atoms with Gasteiger partial charge < -0.3 is 20.3 Å². The highest BCUT2D eigenvalue weighted by Gasteiger charge is 2.19. The van der Waals surface area contributed by atoms with E-state index in [1.54, 1.807) is 33.8 Å². The third-order valence-corrected chi connectivity index (χ3v) is 2.47. The molecule has 106 valence electrons. The second-order valence-electron chi connectivity index (χ2n) is 5.40. The van der Waals surface area contributed by atoms with E-state index in [1.807, 2.05) is 0 Å². The van der Waals surface area contributed by atoms with Gasteiger partial charge in [-0.05, 0) is 39.8 Å². The van der Waals surface area contributed by atoms with Crippen LogP contribution in [0.25, 0.3) is 0 Å². The van der Waals surface area contributed by atoms with E-state index in [4.69, 9.17) is 4.74 Å². The Hall–Kier alpha value is -1.75. The van der Waals surface area contributed by atoms with Crippen LogP contribution < -0.4 is 5.32 Å². The third kappa shape index (κ3) is 4.79. The van der Waals surface area contributed by atoms with E-state index >= 15 is 0 Å². The summed E-state index contributed by atoms with van der Waals surface area (Å²) in [5.41, 5.74) is -0.162. The Balaban J connectivity index is 2.61. The number of ether oxygens (including phenoxy) is 1. The van der Waals surface area contributed by atoms with Gasteiger partial charge in [-0.1, -0.05) is 6.07 Å². The minimum absolute atomic E-state index is 0.00616. The maximum atomic E-state index is 11.6. The van der Waals surface area contributed by atoms with E-state index in [2.05, 4.69) is 5.32 Å². The predicted octanol–water partition coefficient (Wildman–Crippen LogP) is 2.09. The summed E-state index contributed by atoms with van der Waals surface area (Å²) in [6, 6.07) is 4.16. The monoisotopic (exact) mass is 267 g/mol. The topological polar surface area (TPSA) is 78.8 Å². The predicted molar refractivity (Wildman–Crippen MR) is 72.0 cm³/mol. The van der Waals surface area contributed by atoms with Crippen molar-refractivity contribution in [2.75, 3.05) is 6.54 Å². The molecule has 5 nitrogen and oxygen atoms in total. The standard InChI is InChI=1S/C14H21NO4/c1-9(13-10(16)6-5-7-11(13)17)15-8-12(18)19-14(2,3)4/h5-7,9,15-17H,8H2,1-4H3. The Morgan fingerprint density at radius 3 is 2.32 bits per heavy atom. The van der Waals surface area contributed by atoms with Gasteiger partial charge in [0.15, 0.2) is 0 Å². The summed E-state index contributed by atoms with van der Waals surface area (Å²) in [4.78, 5) is 11.6. The van der Waals surface area contributed by atoms with E-state index in [9.17, 15) is 15.0 Å². The van der Waals surface area contributed by atoms with Crippen molar-refractivity contribution in [3.05, 3.63) is 23.8 Å². The first-order valence-electron chi connectivity index (χ1n) is 6.17. The smallest absolute Gasteiger partial charge is 0.320 e. The van der Waals surface area contributed by atoms with Crippen molar-refractivity contribution in [2.45, 2.75) is 39.3 Å². The number of esters is 1. The molecule has 0 aliphatic heterocycles. The second kappa shape index (κ2) is 5.93. The van der Waals surface area contributed by atoms with Crippen LogP contribution in [0, 0.1) is 0 Å². The van der Waals surface area contributed by atoms with E-state index in [-0.39, 0.29) is 30.1 Å². The van der Waals surface area contributed by atoms with Gasteiger partial charge in [0.25, 0.3) is 0 Å². The van der Waals surface area contributed by atoms with Crippen LogP contribution in [0.2, 0.25) is 0 Å². The molecule has 0 bridgehead atoms. The molecule has 0 saturated heterocycles.